The largest absolute Gasteiger partial charge is 0.467 e. The zero-order chi connectivity index (χ0) is 16.7. The van der Waals surface area contributed by atoms with E-state index in [9.17, 15) is 4.79 Å². The van der Waals surface area contributed by atoms with Gasteiger partial charge in [-0.25, -0.2) is 0 Å². The van der Waals surface area contributed by atoms with E-state index in [-0.39, 0.29) is 5.91 Å². The van der Waals surface area contributed by atoms with Crippen LogP contribution in [0.4, 0.5) is 0 Å². The van der Waals surface area contributed by atoms with Gasteiger partial charge >= 0.3 is 0 Å². The molecule has 0 spiro atoms. The number of furan rings is 1. The van der Waals surface area contributed by atoms with Crippen LogP contribution >= 0.6 is 0 Å². The molecule has 126 valence electrons. The molecule has 0 aliphatic heterocycles. The SMILES string of the molecule is CCn1nc(C(C)C)cc1C(=O)NCCCOCc1ccco1. The van der Waals surface area contributed by atoms with Crippen LogP contribution in [0.5, 0.6) is 0 Å². The lowest BCUT2D eigenvalue weighted by Crippen LogP contribution is -2.27. The molecule has 2 aromatic rings. The van der Waals surface area contributed by atoms with Gasteiger partial charge in [0.15, 0.2) is 0 Å². The minimum atomic E-state index is -0.0858. The smallest absolute Gasteiger partial charge is 0.269 e. The molecule has 0 aliphatic carbocycles. The molecule has 2 rings (SSSR count). The molecule has 0 radical (unpaired) electrons. The second-order valence-corrected chi connectivity index (χ2v) is 5.67. The summed E-state index contributed by atoms with van der Waals surface area (Å²) < 4.78 is 12.4. The molecule has 6 heteroatoms. The molecular formula is C17H25N3O3. The number of carbonyl (C=O) groups excluding carboxylic acids is 1. The Labute approximate surface area is 136 Å². The van der Waals surface area contributed by atoms with Crippen molar-refractivity contribution in [3.8, 4) is 0 Å². The average Bonchev–Trinajstić information content (AvgIpc) is 3.19. The van der Waals surface area contributed by atoms with Gasteiger partial charge in [0.05, 0.1) is 12.0 Å². The Kier molecular flexibility index (Phi) is 6.40. The Morgan fingerprint density at radius 2 is 2.30 bits per heavy atom. The van der Waals surface area contributed by atoms with Crippen molar-refractivity contribution in [3.63, 3.8) is 0 Å². The second-order valence-electron chi connectivity index (χ2n) is 5.67. The molecule has 1 N–H and O–H groups in total. The Hall–Kier alpha value is -2.08. The third-order valence-corrected chi connectivity index (χ3v) is 3.50. The highest BCUT2D eigenvalue weighted by molar-refractivity contribution is 5.92. The first-order chi connectivity index (χ1) is 11.1. The number of ether oxygens (including phenoxy) is 1. The van der Waals surface area contributed by atoms with E-state index in [2.05, 4.69) is 24.3 Å². The van der Waals surface area contributed by atoms with Gasteiger partial charge < -0.3 is 14.5 Å². The molecule has 0 saturated heterocycles. The molecular weight excluding hydrogens is 294 g/mol. The minimum Gasteiger partial charge on any atom is -0.467 e. The van der Waals surface area contributed by atoms with Gasteiger partial charge in [-0.1, -0.05) is 13.8 Å². The monoisotopic (exact) mass is 319 g/mol. The fraction of sp³-hybridized carbons (Fsp3) is 0.529. The summed E-state index contributed by atoms with van der Waals surface area (Å²) >= 11 is 0. The van der Waals surface area contributed by atoms with E-state index < -0.39 is 0 Å². The van der Waals surface area contributed by atoms with Crippen LogP contribution in [-0.4, -0.2) is 28.8 Å². The van der Waals surface area contributed by atoms with E-state index >= 15 is 0 Å². The highest BCUT2D eigenvalue weighted by atomic mass is 16.5. The van der Waals surface area contributed by atoms with Crippen LogP contribution in [0.2, 0.25) is 0 Å². The minimum absolute atomic E-state index is 0.0858. The molecule has 0 bridgehead atoms. The highest BCUT2D eigenvalue weighted by Crippen LogP contribution is 2.14. The van der Waals surface area contributed by atoms with Crippen molar-refractivity contribution < 1.29 is 13.9 Å². The molecule has 0 unspecified atom stereocenters. The van der Waals surface area contributed by atoms with E-state index in [4.69, 9.17) is 9.15 Å². The van der Waals surface area contributed by atoms with Crippen molar-refractivity contribution in [2.75, 3.05) is 13.2 Å². The first kappa shape index (κ1) is 17.3. The molecule has 0 atom stereocenters. The maximum absolute atomic E-state index is 12.3. The zero-order valence-electron chi connectivity index (χ0n) is 14.0. The van der Waals surface area contributed by atoms with Gasteiger partial charge in [0.1, 0.15) is 18.1 Å². The number of hydrogen-bond acceptors (Lipinski definition) is 4. The van der Waals surface area contributed by atoms with Crippen molar-refractivity contribution in [1.29, 1.82) is 0 Å². The number of amides is 1. The summed E-state index contributed by atoms with van der Waals surface area (Å²) in [6.45, 7) is 8.41. The van der Waals surface area contributed by atoms with Crippen LogP contribution < -0.4 is 5.32 Å². The maximum atomic E-state index is 12.3. The summed E-state index contributed by atoms with van der Waals surface area (Å²) in [7, 11) is 0. The van der Waals surface area contributed by atoms with Crippen LogP contribution in [0.15, 0.2) is 28.9 Å². The third kappa shape index (κ3) is 4.96. The van der Waals surface area contributed by atoms with Gasteiger partial charge in [0.25, 0.3) is 5.91 Å². The fourth-order valence-corrected chi connectivity index (χ4v) is 2.18. The summed E-state index contributed by atoms with van der Waals surface area (Å²) in [5.74, 6) is 1.03. The number of nitrogens with one attached hydrogen (secondary N) is 1. The van der Waals surface area contributed by atoms with Gasteiger partial charge in [-0.15, -0.1) is 0 Å². The molecule has 0 aromatic carbocycles. The second kappa shape index (κ2) is 8.53. The molecule has 0 fully saturated rings. The molecule has 1 amide bonds. The van der Waals surface area contributed by atoms with Crippen molar-refractivity contribution in [3.05, 3.63) is 41.6 Å². The molecule has 2 aromatic heterocycles. The van der Waals surface area contributed by atoms with Crippen LogP contribution in [0.3, 0.4) is 0 Å². The Morgan fingerprint density at radius 1 is 1.48 bits per heavy atom. The number of rotatable bonds is 9. The topological polar surface area (TPSA) is 69.3 Å². The fourth-order valence-electron chi connectivity index (χ4n) is 2.18. The molecule has 6 nitrogen and oxygen atoms in total. The van der Waals surface area contributed by atoms with E-state index in [0.29, 0.717) is 37.9 Å². The number of nitrogens with zero attached hydrogens (tertiary/aromatic N) is 2. The predicted molar refractivity (Wildman–Crippen MR) is 87.3 cm³/mol. The summed E-state index contributed by atoms with van der Waals surface area (Å²) in [6, 6.07) is 5.58. The van der Waals surface area contributed by atoms with Crippen molar-refractivity contribution in [2.24, 2.45) is 0 Å². The summed E-state index contributed by atoms with van der Waals surface area (Å²) in [5, 5.41) is 7.37. The van der Waals surface area contributed by atoms with Crippen LogP contribution in [0.1, 0.15) is 55.1 Å². The zero-order valence-corrected chi connectivity index (χ0v) is 14.0. The van der Waals surface area contributed by atoms with Crippen molar-refractivity contribution in [2.45, 2.75) is 46.3 Å². The standard InChI is InChI=1S/C17H25N3O3/c1-4-20-16(11-15(19-20)13(2)3)17(21)18-8-6-9-22-12-14-7-5-10-23-14/h5,7,10-11,13H,4,6,8-9,12H2,1-3H3,(H,18,21). The normalized spacial score (nSPS) is 11.1. The number of hydrogen-bond donors (Lipinski definition) is 1. The Bertz CT molecular complexity index is 603. The average molecular weight is 319 g/mol. The highest BCUT2D eigenvalue weighted by Gasteiger charge is 2.15. The maximum Gasteiger partial charge on any atom is 0.269 e. The van der Waals surface area contributed by atoms with Crippen LogP contribution in [0.25, 0.3) is 0 Å². The lowest BCUT2D eigenvalue weighted by molar-refractivity contribution is 0.0908. The molecule has 2 heterocycles. The van der Waals surface area contributed by atoms with Gasteiger partial charge in [0.2, 0.25) is 0 Å². The lowest BCUT2D eigenvalue weighted by atomic mass is 10.1. The van der Waals surface area contributed by atoms with Gasteiger partial charge in [0, 0.05) is 19.7 Å². The summed E-state index contributed by atoms with van der Waals surface area (Å²) in [5.41, 5.74) is 1.56. The van der Waals surface area contributed by atoms with Gasteiger partial charge in [-0.05, 0) is 37.5 Å². The van der Waals surface area contributed by atoms with Crippen molar-refractivity contribution in [1.82, 2.24) is 15.1 Å². The summed E-state index contributed by atoms with van der Waals surface area (Å²) in [4.78, 5) is 12.3. The van der Waals surface area contributed by atoms with E-state index in [1.807, 2.05) is 25.1 Å². The quantitative estimate of drug-likeness (QED) is 0.722. The Morgan fingerprint density at radius 3 is 2.96 bits per heavy atom. The summed E-state index contributed by atoms with van der Waals surface area (Å²) in [6.07, 6.45) is 2.38. The van der Waals surface area contributed by atoms with E-state index in [0.717, 1.165) is 17.9 Å². The molecule has 0 aliphatic rings. The number of carbonyl (C=O) groups is 1. The van der Waals surface area contributed by atoms with E-state index in [1.165, 1.54) is 0 Å². The van der Waals surface area contributed by atoms with Gasteiger partial charge in [-0.3, -0.25) is 9.48 Å². The first-order valence-electron chi connectivity index (χ1n) is 8.08. The molecule has 23 heavy (non-hydrogen) atoms. The predicted octanol–water partition coefficient (Wildman–Crippen LogP) is 2.96. The lowest BCUT2D eigenvalue weighted by Gasteiger charge is -2.07. The van der Waals surface area contributed by atoms with E-state index in [1.54, 1.807) is 10.9 Å². The van der Waals surface area contributed by atoms with Crippen LogP contribution in [-0.2, 0) is 17.9 Å². The third-order valence-electron chi connectivity index (χ3n) is 3.50. The van der Waals surface area contributed by atoms with Gasteiger partial charge in [-0.2, -0.15) is 5.10 Å². The van der Waals surface area contributed by atoms with Crippen LogP contribution in [0, 0.1) is 0 Å². The Balaban J connectivity index is 1.72. The number of aromatic nitrogens is 2. The molecule has 0 saturated carbocycles. The van der Waals surface area contributed by atoms with Crippen molar-refractivity contribution >= 4 is 5.91 Å². The first-order valence-corrected chi connectivity index (χ1v) is 8.08. The number of aryl methyl sites for hydroxylation is 1.